The van der Waals surface area contributed by atoms with Gasteiger partial charge in [-0.3, -0.25) is 9.97 Å². The minimum Gasteiger partial charge on any atom is -0.362 e. The molecule has 0 amide bonds. The van der Waals surface area contributed by atoms with Crippen molar-refractivity contribution in [1.82, 2.24) is 25.3 Å². The zero-order valence-electron chi connectivity index (χ0n) is 18.7. The Labute approximate surface area is 202 Å². The molecule has 0 radical (unpaired) electrons. The quantitative estimate of drug-likeness (QED) is 0.145. The summed E-state index contributed by atoms with van der Waals surface area (Å²) < 4.78 is 0. The zero-order valence-corrected chi connectivity index (χ0v) is 19.5. The van der Waals surface area contributed by atoms with E-state index in [1.54, 1.807) is 18.0 Å². The third kappa shape index (κ3) is 3.92. The summed E-state index contributed by atoms with van der Waals surface area (Å²) in [7, 11) is 0. The first-order valence-electron chi connectivity index (χ1n) is 11.7. The fraction of sp³-hybridized carbons (Fsp3) is 0.222. The van der Waals surface area contributed by atoms with Crippen molar-refractivity contribution in [1.29, 1.82) is 0 Å². The van der Waals surface area contributed by atoms with Crippen molar-refractivity contribution in [3.05, 3.63) is 66.5 Å². The van der Waals surface area contributed by atoms with Crippen LogP contribution in [-0.2, 0) is 0 Å². The minimum atomic E-state index is 0.622. The highest BCUT2D eigenvalue weighted by molar-refractivity contribution is 7.80. The van der Waals surface area contributed by atoms with Gasteiger partial charge in [0.05, 0.1) is 33.1 Å². The molecule has 1 aliphatic carbocycles. The van der Waals surface area contributed by atoms with Gasteiger partial charge in [-0.15, -0.1) is 0 Å². The number of anilines is 1. The van der Waals surface area contributed by atoms with Crippen LogP contribution in [0.4, 0.5) is 5.69 Å². The van der Waals surface area contributed by atoms with Gasteiger partial charge in [0.2, 0.25) is 0 Å². The van der Waals surface area contributed by atoms with Crippen LogP contribution < -0.4 is 10.6 Å². The van der Waals surface area contributed by atoms with Gasteiger partial charge in [-0.05, 0) is 86.8 Å². The second-order valence-electron chi connectivity index (χ2n) is 8.66. The molecule has 0 bridgehead atoms. The fourth-order valence-corrected chi connectivity index (χ4v) is 4.94. The van der Waals surface area contributed by atoms with Crippen molar-refractivity contribution < 1.29 is 0 Å². The van der Waals surface area contributed by atoms with Crippen molar-refractivity contribution in [2.45, 2.75) is 32.1 Å². The first kappa shape index (κ1) is 20.9. The molecular weight excluding hydrogens is 440 g/mol. The highest BCUT2D eigenvalue weighted by Gasteiger charge is 2.14. The molecule has 3 aromatic heterocycles. The second-order valence-corrected chi connectivity index (χ2v) is 9.07. The first-order valence-corrected chi connectivity index (χ1v) is 12.1. The van der Waals surface area contributed by atoms with Gasteiger partial charge >= 0.3 is 0 Å². The van der Waals surface area contributed by atoms with Crippen LogP contribution in [0.1, 0.15) is 32.1 Å². The average Bonchev–Trinajstić information content (AvgIpc) is 2.88. The molecule has 5 aromatic rings. The van der Waals surface area contributed by atoms with Crippen LogP contribution in [0.3, 0.4) is 0 Å². The van der Waals surface area contributed by atoms with E-state index in [9.17, 15) is 0 Å². The van der Waals surface area contributed by atoms with Crippen LogP contribution in [-0.4, -0.2) is 31.6 Å². The molecule has 0 unspecified atom stereocenters. The van der Waals surface area contributed by atoms with E-state index in [2.05, 4.69) is 26.7 Å². The Morgan fingerprint density at radius 1 is 0.853 bits per heavy atom. The van der Waals surface area contributed by atoms with Crippen molar-refractivity contribution in [2.75, 3.05) is 11.9 Å². The van der Waals surface area contributed by atoms with E-state index in [1.165, 1.54) is 25.7 Å². The topological polar surface area (TPSA) is 75.6 Å². The summed E-state index contributed by atoms with van der Waals surface area (Å²) in [4.78, 5) is 19.1. The van der Waals surface area contributed by atoms with Gasteiger partial charge in [-0.2, -0.15) is 0 Å². The summed E-state index contributed by atoms with van der Waals surface area (Å²) in [6.07, 6.45) is 12.1. The number of allylic oxidation sites excluding steroid dienone is 1. The maximum atomic E-state index is 5.53. The number of fused-ring (bicyclic) bond motifs is 7. The first-order chi connectivity index (χ1) is 16.8. The van der Waals surface area contributed by atoms with Crippen LogP contribution in [0.5, 0.6) is 0 Å². The molecule has 6 rings (SSSR count). The molecule has 0 saturated heterocycles. The molecule has 1 aliphatic rings. The van der Waals surface area contributed by atoms with Crippen LogP contribution in [0.25, 0.3) is 43.9 Å². The number of nitrogens with zero attached hydrogens (tertiary/aromatic N) is 4. The maximum Gasteiger partial charge on any atom is 0.170 e. The van der Waals surface area contributed by atoms with Gasteiger partial charge in [0.15, 0.2) is 5.11 Å². The van der Waals surface area contributed by atoms with E-state index in [1.807, 2.05) is 42.5 Å². The molecule has 0 saturated carbocycles. The molecule has 2 N–H and O–H groups in total. The molecule has 168 valence electrons. The molecule has 3 heterocycles. The SMILES string of the molecule is S=C(NCCC1=CCCCC1)Nc1ccc2nc3c4cccnc4c4ncccc4c3nc2c1. The van der Waals surface area contributed by atoms with Crippen LogP contribution in [0, 0.1) is 0 Å². The van der Waals surface area contributed by atoms with Crippen molar-refractivity contribution in [2.24, 2.45) is 0 Å². The van der Waals surface area contributed by atoms with Gasteiger partial charge in [-0.1, -0.05) is 11.6 Å². The average molecular weight is 465 g/mol. The summed E-state index contributed by atoms with van der Waals surface area (Å²) in [6.45, 7) is 0.843. The maximum absolute atomic E-state index is 5.53. The predicted octanol–water partition coefficient (Wildman–Crippen LogP) is 6.06. The highest BCUT2D eigenvalue weighted by atomic mass is 32.1. The third-order valence-electron chi connectivity index (χ3n) is 6.39. The van der Waals surface area contributed by atoms with Gasteiger partial charge < -0.3 is 10.6 Å². The van der Waals surface area contributed by atoms with Crippen molar-refractivity contribution in [3.8, 4) is 0 Å². The van der Waals surface area contributed by atoms with E-state index in [0.717, 1.165) is 62.5 Å². The van der Waals surface area contributed by atoms with Gasteiger partial charge in [0, 0.05) is 35.4 Å². The number of nitrogens with one attached hydrogen (secondary N) is 2. The van der Waals surface area contributed by atoms with Crippen molar-refractivity contribution >= 4 is 66.9 Å². The van der Waals surface area contributed by atoms with E-state index >= 15 is 0 Å². The lowest BCUT2D eigenvalue weighted by atomic mass is 9.97. The Morgan fingerprint density at radius 3 is 2.29 bits per heavy atom. The van der Waals surface area contributed by atoms with Gasteiger partial charge in [0.1, 0.15) is 0 Å². The van der Waals surface area contributed by atoms with Crippen LogP contribution in [0.15, 0.2) is 66.5 Å². The number of rotatable bonds is 4. The molecule has 0 spiro atoms. The number of benzene rings is 2. The normalized spacial score (nSPS) is 13.9. The van der Waals surface area contributed by atoms with Crippen LogP contribution in [0.2, 0.25) is 0 Å². The Hall–Kier alpha value is -3.71. The number of pyridine rings is 2. The summed E-state index contributed by atoms with van der Waals surface area (Å²) in [5.74, 6) is 0. The Balaban J connectivity index is 1.31. The minimum absolute atomic E-state index is 0.622. The summed E-state index contributed by atoms with van der Waals surface area (Å²) >= 11 is 5.53. The largest absolute Gasteiger partial charge is 0.362 e. The fourth-order valence-electron chi connectivity index (χ4n) is 4.72. The third-order valence-corrected chi connectivity index (χ3v) is 6.64. The molecule has 6 nitrogen and oxygen atoms in total. The Kier molecular flexibility index (Phi) is 5.47. The van der Waals surface area contributed by atoms with E-state index in [-0.39, 0.29) is 0 Å². The van der Waals surface area contributed by atoms with Gasteiger partial charge in [0.25, 0.3) is 0 Å². The number of hydrogen-bond donors (Lipinski definition) is 2. The summed E-state index contributed by atoms with van der Waals surface area (Å²) in [5.41, 5.74) is 7.42. The predicted molar refractivity (Wildman–Crippen MR) is 143 cm³/mol. The zero-order chi connectivity index (χ0) is 22.9. The molecule has 7 heteroatoms. The number of aromatic nitrogens is 4. The Morgan fingerprint density at radius 2 is 1.59 bits per heavy atom. The highest BCUT2D eigenvalue weighted by Crippen LogP contribution is 2.32. The van der Waals surface area contributed by atoms with E-state index in [0.29, 0.717) is 5.11 Å². The Bertz CT molecular complexity index is 1590. The summed E-state index contributed by atoms with van der Waals surface area (Å²) in [6, 6.07) is 13.9. The van der Waals surface area contributed by atoms with Gasteiger partial charge in [-0.25, -0.2) is 9.97 Å². The molecule has 0 atom stereocenters. The molecule has 2 aromatic carbocycles. The molecule has 0 fully saturated rings. The van der Waals surface area contributed by atoms with Crippen LogP contribution >= 0.6 is 12.2 Å². The number of thiocarbonyl (C=S) groups is 1. The molecule has 0 aliphatic heterocycles. The second kappa shape index (κ2) is 8.91. The van der Waals surface area contributed by atoms with E-state index < -0.39 is 0 Å². The monoisotopic (exact) mass is 464 g/mol. The molecular formula is C27H24N6S. The lowest BCUT2D eigenvalue weighted by Gasteiger charge is -2.15. The lowest BCUT2D eigenvalue weighted by molar-refractivity contribution is 0.669. The smallest absolute Gasteiger partial charge is 0.170 e. The van der Waals surface area contributed by atoms with Crippen molar-refractivity contribution in [3.63, 3.8) is 0 Å². The lowest BCUT2D eigenvalue weighted by Crippen LogP contribution is -2.29. The number of hydrogen-bond acceptors (Lipinski definition) is 5. The standard InChI is InChI=1S/C27H24N6S/c34-27(30-15-12-17-6-2-1-3-7-17)31-18-10-11-21-22(16-18)33-26-20-9-5-14-29-24(20)23-19(25(26)32-21)8-4-13-28-23/h4-6,8-11,13-14,16H,1-3,7,12,15H2,(H2,30,31,34). The summed E-state index contributed by atoms with van der Waals surface area (Å²) in [5, 5.41) is 9.15. The molecule has 34 heavy (non-hydrogen) atoms. The van der Waals surface area contributed by atoms with E-state index in [4.69, 9.17) is 22.2 Å².